The van der Waals surface area contributed by atoms with Gasteiger partial charge in [-0.3, -0.25) is 9.59 Å². The SMILES string of the molecule is O=C(O)[C@@H]1[C@H]2C[C@@H]([C@@H]1C(=O)O)[C@H]1[C@@H]2[C@@]2(Cl)C(Cl)=C(Cl)[C@@]1(Cl)C2(Cl)Cl. The highest BCUT2D eigenvalue weighted by Gasteiger charge is 2.88. The van der Waals surface area contributed by atoms with E-state index in [0.29, 0.717) is 6.42 Å². The lowest BCUT2D eigenvalue weighted by molar-refractivity contribution is -0.158. The van der Waals surface area contributed by atoms with Crippen LogP contribution in [0.2, 0.25) is 0 Å². The zero-order valence-electron chi connectivity index (χ0n) is 11.6. The Hall–Kier alpha value is 0.420. The summed E-state index contributed by atoms with van der Waals surface area (Å²) < 4.78 is -1.76. The van der Waals surface area contributed by atoms with Gasteiger partial charge in [0.15, 0.2) is 4.33 Å². The largest absolute Gasteiger partial charge is 0.481 e. The molecule has 4 aliphatic rings. The summed E-state index contributed by atoms with van der Waals surface area (Å²) in [7, 11) is 0. The van der Waals surface area contributed by atoms with E-state index in [4.69, 9.17) is 69.6 Å². The van der Waals surface area contributed by atoms with E-state index < -0.39 is 61.5 Å². The lowest BCUT2D eigenvalue weighted by Gasteiger charge is -2.43. The van der Waals surface area contributed by atoms with Crippen LogP contribution in [0.5, 0.6) is 0 Å². The fourth-order valence-corrected chi connectivity index (χ4v) is 8.88. The molecule has 0 aromatic carbocycles. The molecule has 24 heavy (non-hydrogen) atoms. The van der Waals surface area contributed by atoms with E-state index in [-0.39, 0.29) is 10.1 Å². The van der Waals surface area contributed by atoms with Crippen LogP contribution in [-0.4, -0.2) is 36.2 Å². The van der Waals surface area contributed by atoms with Crippen LogP contribution in [0.1, 0.15) is 6.42 Å². The predicted molar refractivity (Wildman–Crippen MR) is 91.2 cm³/mol. The summed E-state index contributed by atoms with van der Waals surface area (Å²) in [5.74, 6) is -6.71. The average molecular weight is 455 g/mol. The molecule has 0 aromatic rings. The number of carboxylic acid groups (broad SMARTS) is 2. The van der Waals surface area contributed by atoms with Gasteiger partial charge in [0.1, 0.15) is 9.75 Å². The number of allylic oxidation sites excluding steroid dienone is 2. The Morgan fingerprint density at radius 1 is 0.833 bits per heavy atom. The fourth-order valence-electron chi connectivity index (χ4n) is 5.74. The molecule has 0 amide bonds. The van der Waals surface area contributed by atoms with Crippen LogP contribution < -0.4 is 0 Å². The quantitative estimate of drug-likeness (QED) is 0.486. The molecule has 3 saturated carbocycles. The smallest absolute Gasteiger partial charge is 0.307 e. The highest BCUT2D eigenvalue weighted by atomic mass is 35.5. The first-order valence-corrected chi connectivity index (χ1v) is 9.48. The van der Waals surface area contributed by atoms with Crippen molar-refractivity contribution in [3.05, 3.63) is 10.1 Å². The van der Waals surface area contributed by atoms with Crippen molar-refractivity contribution in [2.75, 3.05) is 0 Å². The van der Waals surface area contributed by atoms with Crippen LogP contribution in [-0.2, 0) is 9.59 Å². The number of hydrogen-bond donors (Lipinski definition) is 2. The van der Waals surface area contributed by atoms with E-state index in [9.17, 15) is 19.8 Å². The number of hydrogen-bond acceptors (Lipinski definition) is 2. The van der Waals surface area contributed by atoms with Crippen molar-refractivity contribution in [1.82, 2.24) is 0 Å². The highest BCUT2D eigenvalue weighted by molar-refractivity contribution is 6.65. The zero-order chi connectivity index (χ0) is 18.0. The number of rotatable bonds is 2. The highest BCUT2D eigenvalue weighted by Crippen LogP contribution is 2.83. The Kier molecular flexibility index (Phi) is 3.58. The third-order valence-corrected chi connectivity index (χ3v) is 10.7. The first-order valence-electron chi connectivity index (χ1n) is 7.21. The van der Waals surface area contributed by atoms with E-state index in [0.717, 1.165) is 0 Å². The summed E-state index contributed by atoms with van der Waals surface area (Å²) in [5, 5.41) is 19.2. The molecule has 8 atom stereocenters. The number of alkyl halides is 4. The van der Waals surface area contributed by atoms with Gasteiger partial charge in [-0.15, -0.1) is 23.2 Å². The van der Waals surface area contributed by atoms with Crippen LogP contribution in [0.4, 0.5) is 0 Å². The molecule has 0 saturated heterocycles. The summed E-state index contributed by atoms with van der Waals surface area (Å²) in [6.07, 6.45) is 0.365. The standard InChI is InChI=1S/C14H10Cl6O4/c15-8-9(16)13(18)7-3-1-2(4(10(21)22)5(3)11(23)24)6(7)12(8,17)14(13,19)20/h2-7H,1H2,(H,21,22)(H,23,24)/t2-,3+,4-,5+,6-,7+,12-,13-/m1/s1. The number of carboxylic acids is 2. The van der Waals surface area contributed by atoms with E-state index in [2.05, 4.69) is 0 Å². The Morgan fingerprint density at radius 3 is 1.46 bits per heavy atom. The monoisotopic (exact) mass is 452 g/mol. The maximum atomic E-state index is 11.7. The van der Waals surface area contributed by atoms with Gasteiger partial charge >= 0.3 is 11.9 Å². The molecular weight excluding hydrogens is 445 g/mol. The summed E-state index contributed by atoms with van der Waals surface area (Å²) in [6.45, 7) is 0. The molecule has 4 aliphatic carbocycles. The Balaban J connectivity index is 1.94. The summed E-state index contributed by atoms with van der Waals surface area (Å²) >= 11 is 39.1. The van der Waals surface area contributed by atoms with Crippen LogP contribution in [0, 0.1) is 35.5 Å². The zero-order valence-corrected chi connectivity index (χ0v) is 16.2. The van der Waals surface area contributed by atoms with Crippen molar-refractivity contribution >= 4 is 81.5 Å². The Labute approximate surface area is 167 Å². The molecular formula is C14H10Cl6O4. The van der Waals surface area contributed by atoms with Crippen LogP contribution in [0.3, 0.4) is 0 Å². The first kappa shape index (κ1) is 17.8. The minimum atomic E-state index is -1.76. The van der Waals surface area contributed by atoms with E-state index in [1.807, 2.05) is 0 Å². The molecule has 0 unspecified atom stereocenters. The number of halogens is 6. The van der Waals surface area contributed by atoms with Crippen molar-refractivity contribution in [2.45, 2.75) is 20.5 Å². The van der Waals surface area contributed by atoms with Gasteiger partial charge < -0.3 is 10.2 Å². The number of fused-ring (bicyclic) bond motifs is 9. The molecule has 3 fully saturated rings. The second-order valence-corrected chi connectivity index (χ2v) is 10.2. The maximum Gasteiger partial charge on any atom is 0.307 e. The molecule has 132 valence electrons. The molecule has 10 heteroatoms. The van der Waals surface area contributed by atoms with Gasteiger partial charge in [-0.1, -0.05) is 46.4 Å². The lowest BCUT2D eigenvalue weighted by atomic mass is 9.64. The van der Waals surface area contributed by atoms with E-state index in [1.165, 1.54) is 0 Å². The third kappa shape index (κ3) is 1.51. The van der Waals surface area contributed by atoms with Crippen molar-refractivity contribution < 1.29 is 19.8 Å². The van der Waals surface area contributed by atoms with Crippen molar-refractivity contribution in [1.29, 1.82) is 0 Å². The van der Waals surface area contributed by atoms with Crippen LogP contribution in [0.25, 0.3) is 0 Å². The van der Waals surface area contributed by atoms with E-state index >= 15 is 0 Å². The minimum Gasteiger partial charge on any atom is -0.481 e. The fraction of sp³-hybridized carbons (Fsp3) is 0.714. The second kappa shape index (κ2) is 4.82. The van der Waals surface area contributed by atoms with Gasteiger partial charge in [0, 0.05) is 0 Å². The van der Waals surface area contributed by atoms with E-state index in [1.54, 1.807) is 0 Å². The topological polar surface area (TPSA) is 74.6 Å². The van der Waals surface area contributed by atoms with Crippen molar-refractivity contribution in [3.8, 4) is 0 Å². The average Bonchev–Trinajstić information content (AvgIpc) is 3.11. The predicted octanol–water partition coefficient (Wildman–Crippen LogP) is 4.12. The molecule has 0 heterocycles. The minimum absolute atomic E-state index is 0.0237. The van der Waals surface area contributed by atoms with Gasteiger partial charge in [0.05, 0.1) is 21.9 Å². The summed E-state index contributed by atoms with van der Waals surface area (Å²) in [5.41, 5.74) is 0. The molecule has 0 aromatic heterocycles. The van der Waals surface area contributed by atoms with Crippen LogP contribution >= 0.6 is 69.6 Å². The van der Waals surface area contributed by atoms with Crippen molar-refractivity contribution in [3.63, 3.8) is 0 Å². The van der Waals surface area contributed by atoms with Gasteiger partial charge in [0.25, 0.3) is 0 Å². The summed E-state index contributed by atoms with van der Waals surface area (Å²) in [4.78, 5) is 20.4. The Morgan fingerprint density at radius 2 is 1.17 bits per heavy atom. The van der Waals surface area contributed by atoms with Gasteiger partial charge in [0.2, 0.25) is 0 Å². The summed E-state index contributed by atoms with van der Waals surface area (Å²) in [6, 6.07) is 0. The maximum absolute atomic E-state index is 11.7. The van der Waals surface area contributed by atoms with Gasteiger partial charge in [-0.05, 0) is 30.1 Å². The first-order chi connectivity index (χ1) is 10.9. The van der Waals surface area contributed by atoms with Crippen LogP contribution in [0.15, 0.2) is 10.1 Å². The molecule has 4 rings (SSSR count). The normalized spacial score (nSPS) is 53.6. The van der Waals surface area contributed by atoms with Gasteiger partial charge in [-0.2, -0.15) is 0 Å². The van der Waals surface area contributed by atoms with Gasteiger partial charge in [-0.25, -0.2) is 0 Å². The molecule has 0 radical (unpaired) electrons. The lowest BCUT2D eigenvalue weighted by Crippen LogP contribution is -2.49. The number of aliphatic carboxylic acids is 2. The molecule has 0 spiro atoms. The molecule has 4 bridgehead atoms. The second-order valence-electron chi connectivity index (χ2n) is 6.97. The molecule has 2 N–H and O–H groups in total. The third-order valence-electron chi connectivity index (χ3n) is 6.40. The number of carbonyl (C=O) groups is 2. The van der Waals surface area contributed by atoms with Crippen molar-refractivity contribution in [2.24, 2.45) is 35.5 Å². The Bertz CT molecular complexity index is 666. The molecule has 0 aliphatic heterocycles. The molecule has 4 nitrogen and oxygen atoms in total.